The van der Waals surface area contributed by atoms with Gasteiger partial charge in [0.15, 0.2) is 0 Å². The standard InChI is InChI=1S/C26H34N4O5/c1-26(2,3)35-25(34)29-20-12-10-19(11-13-20)28-22(31)18-14-21(23(32)27-4)24(33)30(16-18)15-17-8-6-5-7-9-17/h5-9,14,16,19-20H,10-13,15H2,1-4H3,(H,27,32)(H,28,31)(H,29,34). The van der Waals surface area contributed by atoms with E-state index in [4.69, 9.17) is 4.74 Å². The number of amides is 3. The largest absolute Gasteiger partial charge is 0.444 e. The maximum Gasteiger partial charge on any atom is 0.407 e. The number of rotatable bonds is 6. The van der Waals surface area contributed by atoms with E-state index in [9.17, 15) is 19.2 Å². The molecule has 35 heavy (non-hydrogen) atoms. The average molecular weight is 483 g/mol. The number of nitrogens with one attached hydrogen (secondary N) is 3. The normalized spacial score (nSPS) is 17.8. The summed E-state index contributed by atoms with van der Waals surface area (Å²) >= 11 is 0. The van der Waals surface area contributed by atoms with Crippen LogP contribution in [0.25, 0.3) is 0 Å². The fraction of sp³-hybridized carbons (Fsp3) is 0.462. The monoisotopic (exact) mass is 482 g/mol. The molecule has 3 N–H and O–H groups in total. The number of alkyl carbamates (subject to hydrolysis) is 1. The van der Waals surface area contributed by atoms with E-state index < -0.39 is 23.2 Å². The molecule has 1 aliphatic carbocycles. The van der Waals surface area contributed by atoms with E-state index in [2.05, 4.69) is 16.0 Å². The minimum absolute atomic E-state index is 0.00867. The van der Waals surface area contributed by atoms with E-state index in [-0.39, 0.29) is 35.7 Å². The van der Waals surface area contributed by atoms with Crippen molar-refractivity contribution in [2.75, 3.05) is 7.05 Å². The molecular formula is C26H34N4O5. The van der Waals surface area contributed by atoms with Crippen molar-refractivity contribution in [3.05, 3.63) is 69.6 Å². The molecule has 1 saturated carbocycles. The molecule has 1 aromatic carbocycles. The summed E-state index contributed by atoms with van der Waals surface area (Å²) in [5.41, 5.74) is 0.0265. The van der Waals surface area contributed by atoms with Crippen molar-refractivity contribution in [3.8, 4) is 0 Å². The third-order valence-corrected chi connectivity index (χ3v) is 5.80. The Bertz CT molecular complexity index is 1110. The molecule has 0 radical (unpaired) electrons. The fourth-order valence-electron chi connectivity index (χ4n) is 4.08. The summed E-state index contributed by atoms with van der Waals surface area (Å²) in [6, 6.07) is 10.6. The van der Waals surface area contributed by atoms with Crippen molar-refractivity contribution in [3.63, 3.8) is 0 Å². The van der Waals surface area contributed by atoms with Crippen molar-refractivity contribution < 1.29 is 19.1 Å². The number of carbonyl (C=O) groups excluding carboxylic acids is 3. The average Bonchev–Trinajstić information content (AvgIpc) is 2.80. The number of hydrogen-bond acceptors (Lipinski definition) is 5. The Labute approximate surface area is 205 Å². The van der Waals surface area contributed by atoms with Crippen LogP contribution in [-0.2, 0) is 11.3 Å². The molecule has 0 saturated heterocycles. The van der Waals surface area contributed by atoms with Gasteiger partial charge < -0.3 is 25.3 Å². The van der Waals surface area contributed by atoms with Gasteiger partial charge >= 0.3 is 6.09 Å². The first-order chi connectivity index (χ1) is 16.6. The molecule has 9 heteroatoms. The van der Waals surface area contributed by atoms with E-state index in [1.54, 1.807) is 0 Å². The molecule has 0 unspecified atom stereocenters. The van der Waals surface area contributed by atoms with Crippen LogP contribution in [0, 0.1) is 0 Å². The Balaban J connectivity index is 1.68. The second kappa shape index (κ2) is 11.2. The minimum Gasteiger partial charge on any atom is -0.444 e. The first kappa shape index (κ1) is 26.0. The highest BCUT2D eigenvalue weighted by Crippen LogP contribution is 2.20. The van der Waals surface area contributed by atoms with E-state index in [1.807, 2.05) is 51.1 Å². The lowest BCUT2D eigenvalue weighted by molar-refractivity contribution is 0.0487. The molecule has 0 aliphatic heterocycles. The summed E-state index contributed by atoms with van der Waals surface area (Å²) in [5.74, 6) is -0.888. The van der Waals surface area contributed by atoms with Crippen molar-refractivity contribution in [1.82, 2.24) is 20.5 Å². The Morgan fingerprint density at radius 2 is 1.57 bits per heavy atom. The van der Waals surface area contributed by atoms with Gasteiger partial charge in [-0.2, -0.15) is 0 Å². The third-order valence-electron chi connectivity index (χ3n) is 5.80. The Morgan fingerprint density at radius 3 is 2.14 bits per heavy atom. The van der Waals surface area contributed by atoms with Crippen LogP contribution in [0.5, 0.6) is 0 Å². The first-order valence-corrected chi connectivity index (χ1v) is 11.9. The zero-order valence-electron chi connectivity index (χ0n) is 20.7. The molecule has 1 heterocycles. The highest BCUT2D eigenvalue weighted by atomic mass is 16.6. The maximum atomic E-state index is 13.1. The van der Waals surface area contributed by atoms with Gasteiger partial charge in [-0.05, 0) is 58.1 Å². The van der Waals surface area contributed by atoms with Crippen LogP contribution in [0.2, 0.25) is 0 Å². The van der Waals surface area contributed by atoms with E-state index >= 15 is 0 Å². The Hall–Kier alpha value is -3.62. The van der Waals surface area contributed by atoms with Crippen LogP contribution in [0.1, 0.15) is 72.7 Å². The number of benzene rings is 1. The van der Waals surface area contributed by atoms with Gasteiger partial charge in [-0.3, -0.25) is 14.4 Å². The number of hydrogen-bond donors (Lipinski definition) is 3. The molecule has 1 fully saturated rings. The smallest absolute Gasteiger partial charge is 0.407 e. The molecule has 3 rings (SSSR count). The predicted molar refractivity (Wildman–Crippen MR) is 133 cm³/mol. The summed E-state index contributed by atoms with van der Waals surface area (Å²) in [4.78, 5) is 50.3. The number of carbonyl (C=O) groups is 3. The fourth-order valence-corrected chi connectivity index (χ4v) is 4.08. The number of pyridine rings is 1. The lowest BCUT2D eigenvalue weighted by Gasteiger charge is -2.30. The summed E-state index contributed by atoms with van der Waals surface area (Å²) in [5, 5.41) is 8.37. The van der Waals surface area contributed by atoms with Gasteiger partial charge in [-0.1, -0.05) is 30.3 Å². The second-order valence-electron chi connectivity index (χ2n) is 9.81. The molecule has 2 aromatic rings. The predicted octanol–water partition coefficient (Wildman–Crippen LogP) is 2.82. The highest BCUT2D eigenvalue weighted by Gasteiger charge is 2.26. The molecule has 0 spiro atoms. The van der Waals surface area contributed by atoms with Crippen molar-refractivity contribution in [2.24, 2.45) is 0 Å². The summed E-state index contributed by atoms with van der Waals surface area (Å²) in [7, 11) is 1.44. The molecule has 0 atom stereocenters. The van der Waals surface area contributed by atoms with Crippen molar-refractivity contribution >= 4 is 17.9 Å². The van der Waals surface area contributed by atoms with Gasteiger partial charge in [0.1, 0.15) is 11.2 Å². The van der Waals surface area contributed by atoms with Gasteiger partial charge in [0, 0.05) is 25.3 Å². The van der Waals surface area contributed by atoms with Gasteiger partial charge in [0.05, 0.1) is 12.1 Å². The Morgan fingerprint density at radius 1 is 0.971 bits per heavy atom. The summed E-state index contributed by atoms with van der Waals surface area (Å²) < 4.78 is 6.70. The number of aromatic nitrogens is 1. The molecule has 1 aromatic heterocycles. The van der Waals surface area contributed by atoms with Crippen LogP contribution in [0.15, 0.2) is 47.4 Å². The number of nitrogens with zero attached hydrogens (tertiary/aromatic N) is 1. The van der Waals surface area contributed by atoms with Gasteiger partial charge in [-0.15, -0.1) is 0 Å². The molecule has 1 aliphatic rings. The van der Waals surface area contributed by atoms with Crippen molar-refractivity contribution in [2.45, 2.75) is 70.7 Å². The first-order valence-electron chi connectivity index (χ1n) is 11.9. The SMILES string of the molecule is CNC(=O)c1cc(C(=O)NC2CCC(NC(=O)OC(C)(C)C)CC2)cn(Cc2ccccc2)c1=O. The summed E-state index contributed by atoms with van der Waals surface area (Å²) in [6.07, 6.45) is 3.86. The van der Waals surface area contributed by atoms with E-state index in [0.717, 1.165) is 5.56 Å². The third kappa shape index (κ3) is 7.43. The summed E-state index contributed by atoms with van der Waals surface area (Å²) in [6.45, 7) is 5.69. The lowest BCUT2D eigenvalue weighted by Crippen LogP contribution is -2.45. The van der Waals surface area contributed by atoms with Gasteiger partial charge in [0.2, 0.25) is 0 Å². The lowest BCUT2D eigenvalue weighted by atomic mass is 9.91. The van der Waals surface area contributed by atoms with Crippen LogP contribution >= 0.6 is 0 Å². The van der Waals surface area contributed by atoms with Crippen LogP contribution in [0.4, 0.5) is 4.79 Å². The van der Waals surface area contributed by atoms with Crippen molar-refractivity contribution in [1.29, 1.82) is 0 Å². The molecule has 9 nitrogen and oxygen atoms in total. The molecule has 0 bridgehead atoms. The van der Waals surface area contributed by atoms with E-state index in [0.29, 0.717) is 25.7 Å². The molecule has 188 valence electrons. The van der Waals surface area contributed by atoms with E-state index in [1.165, 1.54) is 23.9 Å². The number of ether oxygens (including phenoxy) is 1. The maximum absolute atomic E-state index is 13.1. The highest BCUT2D eigenvalue weighted by molar-refractivity contribution is 5.99. The zero-order valence-corrected chi connectivity index (χ0v) is 20.7. The topological polar surface area (TPSA) is 119 Å². The minimum atomic E-state index is -0.556. The van der Waals surface area contributed by atoms with Crippen LogP contribution in [0.3, 0.4) is 0 Å². The zero-order chi connectivity index (χ0) is 25.6. The van der Waals surface area contributed by atoms with Gasteiger partial charge in [-0.25, -0.2) is 4.79 Å². The van der Waals surface area contributed by atoms with Crippen LogP contribution < -0.4 is 21.5 Å². The van der Waals surface area contributed by atoms with Crippen LogP contribution in [-0.4, -0.2) is 47.2 Å². The van der Waals surface area contributed by atoms with Gasteiger partial charge in [0.25, 0.3) is 17.4 Å². The Kier molecular flexibility index (Phi) is 8.32. The second-order valence-corrected chi connectivity index (χ2v) is 9.81. The quantitative estimate of drug-likeness (QED) is 0.585. The molecular weight excluding hydrogens is 448 g/mol. The molecule has 3 amide bonds.